The zero-order chi connectivity index (χ0) is 36.7. The molecule has 0 amide bonds. The van der Waals surface area contributed by atoms with Crippen LogP contribution in [0.15, 0.2) is 58.8 Å². The summed E-state index contributed by atoms with van der Waals surface area (Å²) in [7, 11) is 0. The number of benzene rings is 1. The first-order valence-electron chi connectivity index (χ1n) is 19.8. The van der Waals surface area contributed by atoms with Crippen molar-refractivity contribution in [3.05, 3.63) is 70.5 Å². The number of anilines is 1. The van der Waals surface area contributed by atoms with Crippen molar-refractivity contribution in [3.63, 3.8) is 0 Å². The summed E-state index contributed by atoms with van der Waals surface area (Å²) in [5, 5.41) is 46.3. The number of nitrogens with two attached hydrogens (primary N) is 1. The molecule has 2 aliphatic carbocycles. The molecule has 1 saturated carbocycles. The van der Waals surface area contributed by atoms with Crippen LogP contribution in [-0.4, -0.2) is 54.9 Å². The van der Waals surface area contributed by atoms with Crippen LogP contribution in [0.4, 0.5) is 11.5 Å². The maximum atomic E-state index is 12.3. The predicted octanol–water partition coefficient (Wildman–Crippen LogP) is 6.45. The lowest BCUT2D eigenvalue weighted by atomic mass is 9.80. The molecule has 4 aliphatic rings. The molecule has 1 aromatic carbocycles. The number of aromatic nitrogens is 1. The lowest BCUT2D eigenvalue weighted by Crippen LogP contribution is -2.37. The number of fused-ring (bicyclic) bond motifs is 2. The quantitative estimate of drug-likeness (QED) is 0.0827. The van der Waals surface area contributed by atoms with E-state index in [1.165, 1.54) is 19.3 Å². The monoisotopic (exact) mass is 710 g/mol. The average Bonchev–Trinajstić information content (AvgIpc) is 3.81. The molecule has 8 atom stereocenters. The molecule has 1 aromatic heterocycles. The van der Waals surface area contributed by atoms with Gasteiger partial charge in [-0.05, 0) is 124 Å². The Kier molecular flexibility index (Phi) is 12.8. The number of aliphatic imine (C=N–C) groups is 1. The van der Waals surface area contributed by atoms with Crippen LogP contribution in [-0.2, 0) is 11.2 Å². The Hall–Kier alpha value is -3.66. The third-order valence-electron chi connectivity index (χ3n) is 12.1. The van der Waals surface area contributed by atoms with Gasteiger partial charge in [0.15, 0.2) is 0 Å². The fourth-order valence-electron chi connectivity index (χ4n) is 9.20. The molecule has 6 N–H and O–H groups in total. The second-order valence-corrected chi connectivity index (χ2v) is 16.1. The summed E-state index contributed by atoms with van der Waals surface area (Å²) in [6.45, 7) is 2.21. The minimum atomic E-state index is -1.07. The van der Waals surface area contributed by atoms with E-state index in [0.717, 1.165) is 78.0 Å². The largest absolute Gasteiger partial charge is 0.481 e. The highest BCUT2D eigenvalue weighted by atomic mass is 16.4. The number of allylic oxidation sites excluding steroid dienone is 1. The van der Waals surface area contributed by atoms with Gasteiger partial charge in [-0.25, -0.2) is 4.98 Å². The lowest BCUT2D eigenvalue weighted by molar-refractivity contribution is -0.146. The maximum absolute atomic E-state index is 12.3. The third kappa shape index (κ3) is 9.65. The van der Waals surface area contributed by atoms with E-state index < -0.39 is 23.6 Å². The number of carbonyl (C=O) groups is 1. The van der Waals surface area contributed by atoms with E-state index >= 15 is 0 Å². The second kappa shape index (κ2) is 17.4. The Labute approximate surface area is 308 Å². The highest BCUT2D eigenvalue weighted by Crippen LogP contribution is 2.47. The molecular formula is C43H58N4O5. The van der Waals surface area contributed by atoms with Crippen LogP contribution in [0, 0.1) is 29.6 Å². The van der Waals surface area contributed by atoms with Gasteiger partial charge in [0.1, 0.15) is 5.82 Å². The van der Waals surface area contributed by atoms with Crippen LogP contribution >= 0.6 is 0 Å². The number of hydrogen-bond acceptors (Lipinski definition) is 8. The van der Waals surface area contributed by atoms with Gasteiger partial charge >= 0.3 is 5.97 Å². The Bertz CT molecular complexity index is 1770. The number of hydrogen-bond donors (Lipinski definition) is 5. The number of aliphatic hydroxyl groups is 3. The van der Waals surface area contributed by atoms with Crippen LogP contribution < -0.4 is 16.3 Å². The zero-order valence-corrected chi connectivity index (χ0v) is 30.7. The van der Waals surface area contributed by atoms with Gasteiger partial charge in [0.2, 0.25) is 0 Å². The van der Waals surface area contributed by atoms with Gasteiger partial charge in [-0.3, -0.25) is 14.8 Å². The number of aliphatic hydroxyl groups excluding tert-OH is 2. The highest BCUT2D eigenvalue weighted by molar-refractivity contribution is 6.14. The van der Waals surface area contributed by atoms with E-state index in [9.17, 15) is 25.2 Å². The van der Waals surface area contributed by atoms with Gasteiger partial charge in [0.25, 0.3) is 0 Å². The summed E-state index contributed by atoms with van der Waals surface area (Å²) in [6, 6.07) is 7.97. The number of carboxylic acids is 1. The number of unbranched alkanes of at least 4 members (excludes halogenated alkanes) is 4. The van der Waals surface area contributed by atoms with Gasteiger partial charge in [0, 0.05) is 34.8 Å². The Morgan fingerprint density at radius 3 is 2.67 bits per heavy atom. The molecule has 0 spiro atoms. The number of rotatable bonds is 19. The molecule has 0 bridgehead atoms. The summed E-state index contributed by atoms with van der Waals surface area (Å²) >= 11 is 0. The van der Waals surface area contributed by atoms with Crippen LogP contribution in [0.1, 0.15) is 114 Å². The molecule has 2 aromatic rings. The molecule has 9 heteroatoms. The Morgan fingerprint density at radius 2 is 1.88 bits per heavy atom. The standard InChI is InChI=1S/C43H58N4O5/c1-2-3-5-8-28-11-12-31(40(49)21-28)9-6-4-7-10-36(42(50)51)39(48)13-16-43(52)27-30(19-29-14-17-46-41(44)22-29)20-34(43)25-35-24-33-23-32-15-18-45-37(32)26-38(33)47-35/h11-12,14-15,17-18,22-24,26,28,30-31,34,36,39-40,48-49,52H,2-10,13,16,19-21,25,27H2,1H3,(H2,44,46)(H,50,51)/t28-,30+,31-,34+,36+,39-,40-,43-/m1/s1. The minimum Gasteiger partial charge on any atom is -0.481 e. The lowest BCUT2D eigenvalue weighted by Gasteiger charge is -2.32. The summed E-state index contributed by atoms with van der Waals surface area (Å²) in [6.07, 6.45) is 23.4. The number of nitrogen functional groups attached to an aromatic ring is 1. The van der Waals surface area contributed by atoms with E-state index in [-0.39, 0.29) is 30.3 Å². The highest BCUT2D eigenvalue weighted by Gasteiger charge is 2.46. The molecule has 6 rings (SSSR count). The smallest absolute Gasteiger partial charge is 0.309 e. The molecule has 2 aliphatic heterocycles. The van der Waals surface area contributed by atoms with E-state index in [0.29, 0.717) is 43.8 Å². The molecule has 0 saturated heterocycles. The van der Waals surface area contributed by atoms with Crippen molar-refractivity contribution in [1.29, 1.82) is 0 Å². The molecule has 0 radical (unpaired) electrons. The average molecular weight is 711 g/mol. The first-order valence-corrected chi connectivity index (χ1v) is 19.8. The number of nitrogens with zero attached hydrogens (tertiary/aromatic N) is 3. The molecule has 3 heterocycles. The van der Waals surface area contributed by atoms with E-state index in [1.54, 1.807) is 12.4 Å². The topological polar surface area (TPSA) is 162 Å². The van der Waals surface area contributed by atoms with Crippen molar-refractivity contribution >= 4 is 35.3 Å². The molecular weight excluding hydrogens is 652 g/mol. The van der Waals surface area contributed by atoms with Crippen molar-refractivity contribution in [1.82, 2.24) is 4.98 Å². The minimum absolute atomic E-state index is 0.0938. The Morgan fingerprint density at radius 1 is 1.04 bits per heavy atom. The third-order valence-corrected chi connectivity index (χ3v) is 12.1. The number of aliphatic carboxylic acids is 1. The fourth-order valence-corrected chi connectivity index (χ4v) is 9.20. The number of pyridine rings is 1. The van der Waals surface area contributed by atoms with Crippen LogP contribution in [0.25, 0.3) is 12.2 Å². The van der Waals surface area contributed by atoms with Gasteiger partial charge < -0.3 is 26.2 Å². The van der Waals surface area contributed by atoms with Gasteiger partial charge in [-0.1, -0.05) is 57.6 Å². The van der Waals surface area contributed by atoms with Crippen molar-refractivity contribution in [2.24, 2.45) is 39.6 Å². The summed E-state index contributed by atoms with van der Waals surface area (Å²) in [4.78, 5) is 25.8. The van der Waals surface area contributed by atoms with Crippen molar-refractivity contribution in [2.45, 2.75) is 127 Å². The first-order chi connectivity index (χ1) is 25.1. The fraction of sp³-hybridized carbons (Fsp3) is 0.581. The second-order valence-electron chi connectivity index (χ2n) is 16.1. The molecule has 1 fully saturated rings. The van der Waals surface area contributed by atoms with Crippen LogP contribution in [0.2, 0.25) is 0 Å². The summed E-state index contributed by atoms with van der Waals surface area (Å²) in [5.74, 6) is -0.654. The zero-order valence-electron chi connectivity index (χ0n) is 30.7. The summed E-state index contributed by atoms with van der Waals surface area (Å²) in [5.41, 5.74) is 8.87. The summed E-state index contributed by atoms with van der Waals surface area (Å²) < 4.78 is 0. The molecule has 280 valence electrons. The Balaban J connectivity index is 1.03. The van der Waals surface area contributed by atoms with Crippen molar-refractivity contribution < 1.29 is 25.2 Å². The van der Waals surface area contributed by atoms with Crippen molar-refractivity contribution in [3.8, 4) is 0 Å². The van der Waals surface area contributed by atoms with Crippen LogP contribution in [0.3, 0.4) is 0 Å². The van der Waals surface area contributed by atoms with Gasteiger partial charge in [-0.2, -0.15) is 0 Å². The van der Waals surface area contributed by atoms with Crippen LogP contribution in [0.5, 0.6) is 0 Å². The molecule has 0 unspecified atom stereocenters. The normalized spacial score (nSPS) is 27.1. The number of carboxylic acid groups (broad SMARTS) is 1. The first kappa shape index (κ1) is 38.1. The van der Waals surface area contributed by atoms with E-state index in [1.807, 2.05) is 24.3 Å². The predicted molar refractivity (Wildman–Crippen MR) is 206 cm³/mol. The SMILES string of the molecule is CCCCC[C@@H]1C=C[C@@H](CCCCC[C@H](C(=O)O)[C@H](O)CC[C@@]2(O)C[C@@H](Cc3ccnc(N)c3)C[C@H]2CC2=Nc3cc4c(cc3=C2)C=CN=4)[C@H](O)C1. The van der Waals surface area contributed by atoms with E-state index in [4.69, 9.17) is 10.7 Å². The molecule has 52 heavy (non-hydrogen) atoms. The van der Waals surface area contributed by atoms with E-state index in [2.05, 4.69) is 41.2 Å². The van der Waals surface area contributed by atoms with Gasteiger partial charge in [0.05, 0.1) is 34.8 Å². The molecule has 9 nitrogen and oxygen atoms in total. The maximum Gasteiger partial charge on any atom is 0.309 e. The van der Waals surface area contributed by atoms with Gasteiger partial charge in [-0.15, -0.1) is 0 Å². The van der Waals surface area contributed by atoms with Crippen molar-refractivity contribution in [2.75, 3.05) is 5.73 Å².